The monoisotopic (exact) mass is 411 g/mol. The van der Waals surface area contributed by atoms with E-state index in [9.17, 15) is 4.79 Å². The summed E-state index contributed by atoms with van der Waals surface area (Å²) >= 11 is 3.30. The number of nitrogens with one attached hydrogen (secondary N) is 1. The molecule has 1 N–H and O–H groups in total. The van der Waals surface area contributed by atoms with E-state index in [2.05, 4.69) is 52.8 Å². The van der Waals surface area contributed by atoms with Gasteiger partial charge in [0.15, 0.2) is 0 Å². The highest BCUT2D eigenvalue weighted by Gasteiger charge is 2.10. The van der Waals surface area contributed by atoms with Gasteiger partial charge in [-0.15, -0.1) is 23.1 Å². The van der Waals surface area contributed by atoms with Crippen LogP contribution < -0.4 is 5.32 Å². The summed E-state index contributed by atoms with van der Waals surface area (Å²) in [6, 6.07) is 16.5. The first-order valence-corrected chi connectivity index (χ1v) is 11.2. The molecule has 0 bridgehead atoms. The van der Waals surface area contributed by atoms with Crippen LogP contribution in [0.15, 0.2) is 58.8 Å². The predicted molar refractivity (Wildman–Crippen MR) is 119 cm³/mol. The fourth-order valence-corrected chi connectivity index (χ4v) is 4.05. The maximum Gasteiger partial charge on any atom is 0.231 e. The minimum atomic E-state index is -0.0352. The van der Waals surface area contributed by atoms with Gasteiger partial charge in [0.25, 0.3) is 0 Å². The van der Waals surface area contributed by atoms with E-state index in [4.69, 9.17) is 0 Å². The molecule has 0 aliphatic heterocycles. The van der Waals surface area contributed by atoms with E-state index in [1.807, 2.05) is 36.6 Å². The maximum atomic E-state index is 12.2. The Bertz CT molecular complexity index is 904. The Morgan fingerprint density at radius 2 is 1.82 bits per heavy atom. The molecule has 6 heteroatoms. The fourth-order valence-electron chi connectivity index (χ4n) is 2.86. The first kappa shape index (κ1) is 20.6. The van der Waals surface area contributed by atoms with Crippen molar-refractivity contribution in [3.63, 3.8) is 0 Å². The second-order valence-electron chi connectivity index (χ2n) is 6.84. The summed E-state index contributed by atoms with van der Waals surface area (Å²) in [4.78, 5) is 20.4. The second-order valence-corrected chi connectivity index (χ2v) is 8.67. The molecule has 1 amide bonds. The number of carbonyl (C=O) groups is 1. The van der Waals surface area contributed by atoms with Crippen molar-refractivity contribution in [1.82, 2.24) is 9.88 Å². The van der Waals surface area contributed by atoms with Crippen LogP contribution in [0.3, 0.4) is 0 Å². The molecule has 3 aromatic rings. The molecule has 0 atom stereocenters. The largest absolute Gasteiger partial charge is 0.326 e. The molecule has 0 unspecified atom stereocenters. The van der Waals surface area contributed by atoms with Gasteiger partial charge in [-0.05, 0) is 50.1 Å². The number of hydrogen-bond acceptors (Lipinski definition) is 5. The number of thioether (sulfide) groups is 1. The summed E-state index contributed by atoms with van der Waals surface area (Å²) in [6.45, 7) is 3.66. The maximum absolute atomic E-state index is 12.2. The zero-order chi connectivity index (χ0) is 19.9. The van der Waals surface area contributed by atoms with Crippen molar-refractivity contribution in [3.05, 3.63) is 75.7 Å². The lowest BCUT2D eigenvalue weighted by Crippen LogP contribution is -2.18. The van der Waals surface area contributed by atoms with E-state index in [1.165, 1.54) is 16.0 Å². The van der Waals surface area contributed by atoms with Crippen molar-refractivity contribution in [2.75, 3.05) is 18.6 Å². The van der Waals surface area contributed by atoms with Crippen molar-refractivity contribution in [2.24, 2.45) is 0 Å². The molecule has 28 heavy (non-hydrogen) atoms. The molecule has 3 rings (SSSR count). The van der Waals surface area contributed by atoms with Crippen LogP contribution in [0.1, 0.15) is 21.8 Å². The molecule has 0 spiro atoms. The Kier molecular flexibility index (Phi) is 7.25. The Labute approximate surface area is 175 Å². The summed E-state index contributed by atoms with van der Waals surface area (Å²) in [5.74, 6) is -0.0352. The minimum absolute atomic E-state index is 0.0352. The molecule has 1 heterocycles. The van der Waals surface area contributed by atoms with E-state index >= 15 is 0 Å². The smallest absolute Gasteiger partial charge is 0.231 e. The van der Waals surface area contributed by atoms with Crippen LogP contribution in [-0.4, -0.2) is 29.1 Å². The first-order chi connectivity index (χ1) is 13.5. The lowest BCUT2D eigenvalue weighted by atomic mass is 10.2. The van der Waals surface area contributed by atoms with Gasteiger partial charge in [-0.3, -0.25) is 9.69 Å². The van der Waals surface area contributed by atoms with Crippen LogP contribution in [0.25, 0.3) is 0 Å². The third-order valence-corrected chi connectivity index (χ3v) is 5.93. The van der Waals surface area contributed by atoms with Crippen molar-refractivity contribution < 1.29 is 4.79 Å². The standard InChI is InChI=1S/C22H25N3OS2/c1-16-4-8-18(9-5-16)23-21(26)12-22-24-19(15-28-22)14-25(2)13-17-6-10-20(27-3)11-7-17/h4-11,15H,12-14H2,1-3H3,(H,23,26). The van der Waals surface area contributed by atoms with Crippen LogP contribution in [0.2, 0.25) is 0 Å². The second kappa shape index (κ2) is 9.87. The average molecular weight is 412 g/mol. The molecule has 0 aliphatic rings. The third kappa shape index (κ3) is 6.19. The van der Waals surface area contributed by atoms with Crippen molar-refractivity contribution in [1.29, 1.82) is 0 Å². The van der Waals surface area contributed by atoms with Crippen LogP contribution in [-0.2, 0) is 24.3 Å². The lowest BCUT2D eigenvalue weighted by molar-refractivity contribution is -0.115. The van der Waals surface area contributed by atoms with Gasteiger partial charge >= 0.3 is 0 Å². The van der Waals surface area contributed by atoms with Gasteiger partial charge in [-0.2, -0.15) is 0 Å². The Hall–Kier alpha value is -2.15. The van der Waals surface area contributed by atoms with E-state index in [1.54, 1.807) is 23.1 Å². The van der Waals surface area contributed by atoms with Crippen molar-refractivity contribution in [3.8, 4) is 0 Å². The zero-order valence-electron chi connectivity index (χ0n) is 16.4. The van der Waals surface area contributed by atoms with Crippen LogP contribution in [0.5, 0.6) is 0 Å². The Balaban J connectivity index is 1.50. The SMILES string of the molecule is CSc1ccc(CN(C)Cc2csc(CC(=O)Nc3ccc(C)cc3)n2)cc1. The summed E-state index contributed by atoms with van der Waals surface area (Å²) < 4.78 is 0. The number of rotatable bonds is 8. The highest BCUT2D eigenvalue weighted by molar-refractivity contribution is 7.98. The van der Waals surface area contributed by atoms with Gasteiger partial charge in [0, 0.05) is 29.1 Å². The van der Waals surface area contributed by atoms with Crippen LogP contribution in [0, 0.1) is 6.92 Å². The number of amides is 1. The molecular weight excluding hydrogens is 386 g/mol. The number of anilines is 1. The number of nitrogens with zero attached hydrogens (tertiary/aromatic N) is 2. The molecule has 0 radical (unpaired) electrons. The Morgan fingerprint density at radius 1 is 1.11 bits per heavy atom. The molecular formula is C22H25N3OS2. The van der Waals surface area contributed by atoms with Gasteiger partial charge in [0.1, 0.15) is 5.01 Å². The quantitative estimate of drug-likeness (QED) is 0.531. The number of carbonyl (C=O) groups excluding carboxylic acids is 1. The topological polar surface area (TPSA) is 45.2 Å². The van der Waals surface area contributed by atoms with E-state index < -0.39 is 0 Å². The van der Waals surface area contributed by atoms with E-state index in [-0.39, 0.29) is 5.91 Å². The van der Waals surface area contributed by atoms with Crippen molar-refractivity contribution >= 4 is 34.7 Å². The number of aromatic nitrogens is 1. The molecule has 4 nitrogen and oxygen atoms in total. The van der Waals surface area contributed by atoms with Crippen LogP contribution in [0.4, 0.5) is 5.69 Å². The highest BCUT2D eigenvalue weighted by Crippen LogP contribution is 2.17. The molecule has 146 valence electrons. The zero-order valence-corrected chi connectivity index (χ0v) is 18.1. The fraction of sp³-hybridized carbons (Fsp3) is 0.273. The van der Waals surface area contributed by atoms with E-state index in [0.29, 0.717) is 6.42 Å². The number of thiazole rings is 1. The summed E-state index contributed by atoms with van der Waals surface area (Å²) in [7, 11) is 2.09. The molecule has 0 fully saturated rings. The first-order valence-electron chi connectivity index (χ1n) is 9.13. The number of benzene rings is 2. The van der Waals surface area contributed by atoms with Crippen molar-refractivity contribution in [2.45, 2.75) is 31.3 Å². The Morgan fingerprint density at radius 3 is 2.50 bits per heavy atom. The number of hydrogen-bond donors (Lipinski definition) is 1. The molecule has 0 aliphatic carbocycles. The molecule has 1 aromatic heterocycles. The average Bonchev–Trinajstić information content (AvgIpc) is 3.10. The minimum Gasteiger partial charge on any atom is -0.326 e. The predicted octanol–water partition coefficient (Wildman–Crippen LogP) is 4.99. The summed E-state index contributed by atoms with van der Waals surface area (Å²) in [5, 5.41) is 5.81. The van der Waals surface area contributed by atoms with Gasteiger partial charge in [-0.1, -0.05) is 29.8 Å². The van der Waals surface area contributed by atoms with Gasteiger partial charge in [-0.25, -0.2) is 4.98 Å². The van der Waals surface area contributed by atoms with Gasteiger partial charge in [0.05, 0.1) is 12.1 Å². The lowest BCUT2D eigenvalue weighted by Gasteiger charge is -2.15. The summed E-state index contributed by atoms with van der Waals surface area (Å²) in [6.07, 6.45) is 2.39. The molecule has 2 aromatic carbocycles. The number of aryl methyl sites for hydroxylation is 1. The summed E-state index contributed by atoms with van der Waals surface area (Å²) in [5.41, 5.74) is 4.28. The normalized spacial score (nSPS) is 11.0. The highest BCUT2D eigenvalue weighted by atomic mass is 32.2. The van der Waals surface area contributed by atoms with Gasteiger partial charge < -0.3 is 5.32 Å². The van der Waals surface area contributed by atoms with Gasteiger partial charge in [0.2, 0.25) is 5.91 Å². The molecule has 0 saturated heterocycles. The van der Waals surface area contributed by atoms with E-state index in [0.717, 1.165) is 29.5 Å². The third-order valence-electron chi connectivity index (χ3n) is 4.29. The molecule has 0 saturated carbocycles. The van der Waals surface area contributed by atoms with Crippen LogP contribution >= 0.6 is 23.1 Å².